The first kappa shape index (κ1) is 30.7. The number of nitrogens with one attached hydrogen (secondary N) is 1. The quantitative estimate of drug-likeness (QED) is 0.335. The summed E-state index contributed by atoms with van der Waals surface area (Å²) in [4.78, 5) is 29.7. The smallest absolute Gasteiger partial charge is 0.244 e. The van der Waals surface area contributed by atoms with Gasteiger partial charge in [0.05, 0.1) is 11.9 Å². The largest absolute Gasteiger partial charge is 0.486 e. The van der Waals surface area contributed by atoms with E-state index < -0.39 is 28.5 Å². The molecule has 3 aromatic carbocycles. The van der Waals surface area contributed by atoms with Crippen molar-refractivity contribution in [3.8, 4) is 11.5 Å². The van der Waals surface area contributed by atoms with Crippen LogP contribution in [0.3, 0.4) is 0 Å². The second kappa shape index (κ2) is 13.7. The molecule has 5 rings (SSSR count). The number of ether oxygens (including phenoxy) is 2. The number of amides is 2. The number of rotatable bonds is 11. The molecule has 228 valence electrons. The van der Waals surface area contributed by atoms with Gasteiger partial charge in [-0.25, -0.2) is 8.42 Å². The summed E-state index contributed by atoms with van der Waals surface area (Å²) in [5, 5.41) is 3.71. The summed E-state index contributed by atoms with van der Waals surface area (Å²) >= 11 is 6.13. The lowest BCUT2D eigenvalue weighted by molar-refractivity contribution is -0.140. The van der Waals surface area contributed by atoms with Gasteiger partial charge in [-0.1, -0.05) is 66.9 Å². The summed E-state index contributed by atoms with van der Waals surface area (Å²) in [5.74, 6) is 0.132. The third-order valence-corrected chi connectivity index (χ3v) is 9.12. The number of benzene rings is 3. The van der Waals surface area contributed by atoms with Gasteiger partial charge in [0.15, 0.2) is 11.5 Å². The minimum absolute atomic E-state index is 0.0449. The van der Waals surface area contributed by atoms with Crippen LogP contribution in [0.1, 0.15) is 36.8 Å². The Hall–Kier alpha value is -3.76. The van der Waals surface area contributed by atoms with Crippen LogP contribution in [0.2, 0.25) is 5.02 Å². The first-order valence-electron chi connectivity index (χ1n) is 14.4. The van der Waals surface area contributed by atoms with Crippen molar-refractivity contribution in [1.82, 2.24) is 10.2 Å². The van der Waals surface area contributed by atoms with E-state index >= 15 is 0 Å². The van der Waals surface area contributed by atoms with Crippen molar-refractivity contribution in [2.75, 3.05) is 30.3 Å². The maximum Gasteiger partial charge on any atom is 0.244 e. The molecule has 2 aliphatic rings. The fourth-order valence-electron chi connectivity index (χ4n) is 5.51. The molecule has 9 nitrogen and oxygen atoms in total. The van der Waals surface area contributed by atoms with E-state index in [0.717, 1.165) is 47.4 Å². The van der Waals surface area contributed by atoms with E-state index in [2.05, 4.69) is 5.32 Å². The Morgan fingerprint density at radius 3 is 2.28 bits per heavy atom. The molecule has 1 aliphatic carbocycles. The fraction of sp³-hybridized carbons (Fsp3) is 0.375. The number of carbonyl (C=O) groups is 2. The Bertz CT molecular complexity index is 1530. The molecule has 0 saturated heterocycles. The van der Waals surface area contributed by atoms with Crippen molar-refractivity contribution in [1.29, 1.82) is 0 Å². The Kier molecular flexibility index (Phi) is 9.77. The molecule has 1 heterocycles. The molecule has 1 aliphatic heterocycles. The average Bonchev–Trinajstić information content (AvgIpc) is 3.51. The molecular formula is C32H36ClN3O6S. The highest BCUT2D eigenvalue weighted by molar-refractivity contribution is 7.92. The lowest BCUT2D eigenvalue weighted by Gasteiger charge is -2.34. The normalized spacial score (nSPS) is 15.5. The van der Waals surface area contributed by atoms with Crippen LogP contribution in [-0.4, -0.2) is 63.2 Å². The van der Waals surface area contributed by atoms with Crippen LogP contribution in [0.4, 0.5) is 5.69 Å². The second-order valence-corrected chi connectivity index (χ2v) is 13.3. The van der Waals surface area contributed by atoms with E-state index in [1.807, 2.05) is 30.3 Å². The second-order valence-electron chi connectivity index (χ2n) is 10.9. The van der Waals surface area contributed by atoms with Crippen molar-refractivity contribution < 1.29 is 27.5 Å². The zero-order valence-corrected chi connectivity index (χ0v) is 25.6. The van der Waals surface area contributed by atoms with Gasteiger partial charge in [0, 0.05) is 30.1 Å². The first-order valence-corrected chi connectivity index (χ1v) is 16.7. The van der Waals surface area contributed by atoms with Crippen LogP contribution in [0.25, 0.3) is 0 Å². The van der Waals surface area contributed by atoms with Crippen LogP contribution in [-0.2, 0) is 32.6 Å². The van der Waals surface area contributed by atoms with Crippen LogP contribution < -0.4 is 19.1 Å². The Morgan fingerprint density at radius 1 is 0.930 bits per heavy atom. The van der Waals surface area contributed by atoms with Crippen LogP contribution in [0.5, 0.6) is 11.5 Å². The monoisotopic (exact) mass is 625 g/mol. The van der Waals surface area contributed by atoms with Crippen molar-refractivity contribution in [3.63, 3.8) is 0 Å². The zero-order valence-electron chi connectivity index (χ0n) is 24.1. The molecule has 11 heteroatoms. The predicted octanol–water partition coefficient (Wildman–Crippen LogP) is 4.58. The Labute approximate surface area is 257 Å². The van der Waals surface area contributed by atoms with Crippen LogP contribution >= 0.6 is 11.6 Å². The van der Waals surface area contributed by atoms with Gasteiger partial charge in [0.25, 0.3) is 0 Å². The molecule has 0 spiro atoms. The van der Waals surface area contributed by atoms with E-state index in [1.165, 1.54) is 4.90 Å². The van der Waals surface area contributed by atoms with Crippen molar-refractivity contribution in [2.45, 2.75) is 50.7 Å². The van der Waals surface area contributed by atoms with Crippen molar-refractivity contribution in [3.05, 3.63) is 88.9 Å². The van der Waals surface area contributed by atoms with Gasteiger partial charge in [-0.3, -0.25) is 13.9 Å². The molecule has 43 heavy (non-hydrogen) atoms. The highest BCUT2D eigenvalue weighted by atomic mass is 35.5. The van der Waals surface area contributed by atoms with Crippen molar-refractivity contribution >= 4 is 39.1 Å². The van der Waals surface area contributed by atoms with Gasteiger partial charge in [-0.15, -0.1) is 0 Å². The minimum atomic E-state index is -3.90. The van der Waals surface area contributed by atoms with E-state index in [-0.39, 0.29) is 30.6 Å². The molecule has 3 aromatic rings. The van der Waals surface area contributed by atoms with Gasteiger partial charge in [-0.2, -0.15) is 0 Å². The minimum Gasteiger partial charge on any atom is -0.486 e. The number of carbonyl (C=O) groups excluding carboxylic acids is 2. The maximum absolute atomic E-state index is 14.3. The summed E-state index contributed by atoms with van der Waals surface area (Å²) in [6.07, 6.45) is 5.18. The lowest BCUT2D eigenvalue weighted by atomic mass is 10.0. The van der Waals surface area contributed by atoms with Crippen LogP contribution in [0.15, 0.2) is 72.8 Å². The molecule has 0 radical (unpaired) electrons. The molecule has 1 unspecified atom stereocenters. The van der Waals surface area contributed by atoms with Crippen molar-refractivity contribution in [2.24, 2.45) is 0 Å². The third-order valence-electron chi connectivity index (χ3n) is 7.73. The number of anilines is 1. The number of sulfonamides is 1. The average molecular weight is 626 g/mol. The summed E-state index contributed by atoms with van der Waals surface area (Å²) in [7, 11) is -3.90. The Balaban J connectivity index is 1.50. The lowest BCUT2D eigenvalue weighted by Crippen LogP contribution is -2.54. The van der Waals surface area contributed by atoms with Gasteiger partial charge >= 0.3 is 0 Å². The van der Waals surface area contributed by atoms with E-state index in [1.54, 1.807) is 42.5 Å². The number of nitrogens with zero attached hydrogens (tertiary/aromatic N) is 2. The predicted molar refractivity (Wildman–Crippen MR) is 166 cm³/mol. The number of hydrogen-bond donors (Lipinski definition) is 1. The molecular weight excluding hydrogens is 590 g/mol. The summed E-state index contributed by atoms with van der Waals surface area (Å²) in [5.41, 5.74) is 1.91. The Morgan fingerprint density at radius 2 is 1.60 bits per heavy atom. The molecule has 1 atom stereocenters. The summed E-state index contributed by atoms with van der Waals surface area (Å²) in [6.45, 7) is 0.310. The molecule has 0 bridgehead atoms. The first-order chi connectivity index (χ1) is 20.7. The van der Waals surface area contributed by atoms with Gasteiger partial charge in [-0.05, 0) is 48.2 Å². The molecule has 1 saturated carbocycles. The van der Waals surface area contributed by atoms with Gasteiger partial charge in [0.1, 0.15) is 25.8 Å². The molecule has 1 fully saturated rings. The molecule has 2 amide bonds. The van der Waals surface area contributed by atoms with Crippen LogP contribution in [0, 0.1) is 0 Å². The topological polar surface area (TPSA) is 105 Å². The maximum atomic E-state index is 14.3. The number of hydrogen-bond acceptors (Lipinski definition) is 6. The third kappa shape index (κ3) is 8.00. The van der Waals surface area contributed by atoms with E-state index in [0.29, 0.717) is 29.7 Å². The number of halogens is 1. The number of fused-ring (bicyclic) bond motifs is 1. The standard InChI is InChI=1S/C32H36ClN3O6S/c1-43(39,40)36(27-15-16-29-30(20-27)42-18-17-41-29)22-31(37)35(21-24-11-13-25(33)14-12-24)28(19-23-7-3-2-4-8-23)32(38)34-26-9-5-6-10-26/h2-4,7-8,11-16,20,26,28H,5-6,9-10,17-19,21-22H2,1H3,(H,34,38). The van der Waals surface area contributed by atoms with Gasteiger partial charge in [0.2, 0.25) is 21.8 Å². The molecule has 0 aromatic heterocycles. The van der Waals surface area contributed by atoms with E-state index in [4.69, 9.17) is 21.1 Å². The summed E-state index contributed by atoms with van der Waals surface area (Å²) < 4.78 is 38.4. The summed E-state index contributed by atoms with van der Waals surface area (Å²) in [6, 6.07) is 20.5. The fourth-order valence-corrected chi connectivity index (χ4v) is 6.48. The zero-order chi connectivity index (χ0) is 30.4. The highest BCUT2D eigenvalue weighted by Gasteiger charge is 2.34. The van der Waals surface area contributed by atoms with E-state index in [9.17, 15) is 18.0 Å². The SMILES string of the molecule is CS(=O)(=O)N(CC(=O)N(Cc1ccc(Cl)cc1)C(Cc1ccccc1)C(=O)NC1CCCC1)c1ccc2c(c1)OCCO2. The highest BCUT2D eigenvalue weighted by Crippen LogP contribution is 2.35. The molecule has 1 N–H and O–H groups in total. The van der Waals surface area contributed by atoms with Gasteiger partial charge < -0.3 is 19.7 Å².